The van der Waals surface area contributed by atoms with Gasteiger partial charge in [0, 0.05) is 37.4 Å². The lowest BCUT2D eigenvalue weighted by Crippen LogP contribution is -2.60. The van der Waals surface area contributed by atoms with E-state index in [1.807, 2.05) is 5.32 Å². The number of hydrogen-bond acceptors (Lipinski definition) is 8. The SMILES string of the molecule is COC(=O)NC(C(=O)NC[C@@H](O)CNCc1c(F)cc(C(=N)/C=C\N[C@H]2CCOC2)cc1F)C(C)(C)C(F)(F)F. The fourth-order valence-corrected chi connectivity index (χ4v) is 3.63. The lowest BCUT2D eigenvalue weighted by molar-refractivity contribution is -0.220. The van der Waals surface area contributed by atoms with Crippen molar-refractivity contribution in [1.82, 2.24) is 21.3 Å². The number of halogens is 5. The summed E-state index contributed by atoms with van der Waals surface area (Å²) in [5, 5.41) is 27.8. The van der Waals surface area contributed by atoms with Gasteiger partial charge in [-0.15, -0.1) is 0 Å². The van der Waals surface area contributed by atoms with Crippen LogP contribution < -0.4 is 21.3 Å². The van der Waals surface area contributed by atoms with Crippen molar-refractivity contribution < 1.29 is 46.1 Å². The first-order valence-electron chi connectivity index (χ1n) is 12.3. The smallest absolute Gasteiger partial charge is 0.407 e. The third-order valence-electron chi connectivity index (χ3n) is 6.32. The average Bonchev–Trinajstić information content (AvgIpc) is 3.39. The number of ether oxygens (including phenoxy) is 2. The summed E-state index contributed by atoms with van der Waals surface area (Å²) < 4.78 is 79.0. The molecule has 0 radical (unpaired) electrons. The van der Waals surface area contributed by atoms with Gasteiger partial charge in [0.2, 0.25) is 5.91 Å². The van der Waals surface area contributed by atoms with Gasteiger partial charge >= 0.3 is 12.3 Å². The molecule has 1 aliphatic rings. The van der Waals surface area contributed by atoms with Crippen molar-refractivity contribution in [3.63, 3.8) is 0 Å². The Bertz CT molecular complexity index is 1050. The molecule has 6 N–H and O–H groups in total. The van der Waals surface area contributed by atoms with E-state index in [0.29, 0.717) is 13.2 Å². The zero-order chi connectivity index (χ0) is 30.1. The lowest BCUT2D eigenvalue weighted by Gasteiger charge is -2.35. The van der Waals surface area contributed by atoms with E-state index in [0.717, 1.165) is 39.5 Å². The molecule has 0 saturated carbocycles. The number of aliphatic hydroxyl groups is 1. The van der Waals surface area contributed by atoms with Crippen LogP contribution in [-0.4, -0.2) is 80.6 Å². The van der Waals surface area contributed by atoms with Gasteiger partial charge in [-0.3, -0.25) is 4.79 Å². The van der Waals surface area contributed by atoms with Gasteiger partial charge in [0.25, 0.3) is 0 Å². The number of amides is 2. The highest BCUT2D eigenvalue weighted by molar-refractivity contribution is 6.06. The van der Waals surface area contributed by atoms with Crippen molar-refractivity contribution >= 4 is 17.7 Å². The molecule has 2 rings (SSSR count). The molecule has 10 nitrogen and oxygen atoms in total. The van der Waals surface area contributed by atoms with E-state index in [1.54, 1.807) is 0 Å². The summed E-state index contributed by atoms with van der Waals surface area (Å²) in [6.07, 6.45) is -3.76. The highest BCUT2D eigenvalue weighted by Crippen LogP contribution is 2.40. The standard InChI is InChI=1S/C25H34F5N5O5/c1-24(2,25(28,29)30)21(35-23(38)39-3)22(37)34-11-16(36)10-32-12-17-18(26)8-14(9-19(17)27)20(31)4-6-33-15-5-7-40-13-15/h4,6,8-9,15-16,21,31-33,36H,5,7,10-13H2,1-3H3,(H,34,37)(H,35,38)/b6-4-,31-20?/t15-,16-,21?/m0/s1. The van der Waals surface area contributed by atoms with Crippen LogP contribution in [0.3, 0.4) is 0 Å². The molecule has 3 atom stereocenters. The van der Waals surface area contributed by atoms with Crippen LogP contribution in [0.15, 0.2) is 24.4 Å². The molecule has 1 unspecified atom stereocenters. The summed E-state index contributed by atoms with van der Waals surface area (Å²) in [7, 11) is 0.923. The quantitative estimate of drug-likeness (QED) is 0.155. The maximum Gasteiger partial charge on any atom is 0.407 e. The maximum absolute atomic E-state index is 14.6. The van der Waals surface area contributed by atoms with Gasteiger partial charge in [-0.25, -0.2) is 13.6 Å². The molecule has 1 fully saturated rings. The van der Waals surface area contributed by atoms with Crippen LogP contribution in [0, 0.1) is 22.5 Å². The zero-order valence-electron chi connectivity index (χ0n) is 22.3. The molecule has 1 aliphatic heterocycles. The Morgan fingerprint density at radius 3 is 2.42 bits per heavy atom. The van der Waals surface area contributed by atoms with Crippen LogP contribution in [-0.2, 0) is 20.8 Å². The van der Waals surface area contributed by atoms with Crippen molar-refractivity contribution in [3.05, 3.63) is 47.2 Å². The lowest BCUT2D eigenvalue weighted by atomic mass is 9.83. The fraction of sp³-hybridized carbons (Fsp3) is 0.560. The minimum atomic E-state index is -4.86. The third-order valence-corrected chi connectivity index (χ3v) is 6.32. The molecule has 1 saturated heterocycles. The number of hydrogen-bond donors (Lipinski definition) is 6. The summed E-state index contributed by atoms with van der Waals surface area (Å²) in [4.78, 5) is 24.0. The van der Waals surface area contributed by atoms with Crippen LogP contribution in [0.2, 0.25) is 0 Å². The Morgan fingerprint density at radius 1 is 1.23 bits per heavy atom. The van der Waals surface area contributed by atoms with Crippen molar-refractivity contribution in [2.24, 2.45) is 5.41 Å². The van der Waals surface area contributed by atoms with Crippen LogP contribution in [0.1, 0.15) is 31.4 Å². The second kappa shape index (κ2) is 14.4. The van der Waals surface area contributed by atoms with Gasteiger partial charge in [-0.1, -0.05) is 0 Å². The molecule has 224 valence electrons. The summed E-state index contributed by atoms with van der Waals surface area (Å²) >= 11 is 0. The van der Waals surface area contributed by atoms with Crippen molar-refractivity contribution in [2.75, 3.05) is 33.4 Å². The zero-order valence-corrected chi connectivity index (χ0v) is 22.3. The first-order valence-corrected chi connectivity index (χ1v) is 12.3. The number of allylic oxidation sites excluding steroid dienone is 1. The van der Waals surface area contributed by atoms with Gasteiger partial charge in [0.05, 0.1) is 37.0 Å². The molecule has 15 heteroatoms. The minimum absolute atomic E-state index is 0.0131. The Labute approximate surface area is 228 Å². The van der Waals surface area contributed by atoms with E-state index in [9.17, 15) is 36.6 Å². The van der Waals surface area contributed by atoms with Gasteiger partial charge in [0.15, 0.2) is 0 Å². The van der Waals surface area contributed by atoms with E-state index < -0.39 is 53.9 Å². The van der Waals surface area contributed by atoms with Crippen LogP contribution >= 0.6 is 0 Å². The fourth-order valence-electron chi connectivity index (χ4n) is 3.63. The number of alkyl carbamates (subject to hydrolysis) is 1. The highest BCUT2D eigenvalue weighted by atomic mass is 19.4. The Hall–Kier alpha value is -3.30. The third kappa shape index (κ3) is 9.13. The van der Waals surface area contributed by atoms with Gasteiger partial charge in [-0.2, -0.15) is 13.2 Å². The van der Waals surface area contributed by atoms with Crippen LogP contribution in [0.4, 0.5) is 26.7 Å². The molecule has 1 aromatic carbocycles. The van der Waals surface area contributed by atoms with Gasteiger partial charge in [-0.05, 0) is 44.7 Å². The largest absolute Gasteiger partial charge is 0.453 e. The number of alkyl halides is 3. The second-order valence-electron chi connectivity index (χ2n) is 9.71. The molecule has 1 heterocycles. The molecular weight excluding hydrogens is 545 g/mol. The Morgan fingerprint density at radius 2 is 1.88 bits per heavy atom. The number of aliphatic hydroxyl groups excluding tert-OH is 1. The number of carbonyl (C=O) groups excluding carboxylic acids is 2. The molecule has 0 aliphatic carbocycles. The summed E-state index contributed by atoms with van der Waals surface area (Å²) in [5.74, 6) is -3.07. The summed E-state index contributed by atoms with van der Waals surface area (Å²) in [6.45, 7) is 1.45. The summed E-state index contributed by atoms with van der Waals surface area (Å²) in [5.41, 5.74) is -3.14. The topological polar surface area (TPSA) is 145 Å². The van der Waals surface area contributed by atoms with Gasteiger partial charge in [0.1, 0.15) is 17.7 Å². The van der Waals surface area contributed by atoms with Gasteiger partial charge < -0.3 is 41.3 Å². The van der Waals surface area contributed by atoms with E-state index >= 15 is 0 Å². The van der Waals surface area contributed by atoms with Crippen molar-refractivity contribution in [2.45, 2.75) is 51.2 Å². The number of benzene rings is 1. The number of methoxy groups -OCH3 is 1. The summed E-state index contributed by atoms with van der Waals surface area (Å²) in [6, 6.07) is 0.0416. The minimum Gasteiger partial charge on any atom is -0.453 e. The number of rotatable bonds is 13. The Kier molecular flexibility index (Phi) is 11.8. The van der Waals surface area contributed by atoms with E-state index in [-0.39, 0.29) is 36.0 Å². The molecular formula is C25H34F5N5O5. The highest BCUT2D eigenvalue weighted by Gasteiger charge is 2.55. The molecule has 2 amide bonds. The normalized spacial score (nSPS) is 17.4. The monoisotopic (exact) mass is 579 g/mol. The van der Waals surface area contributed by atoms with E-state index in [4.69, 9.17) is 10.1 Å². The number of carbonyl (C=O) groups is 2. The molecule has 0 bridgehead atoms. The first-order chi connectivity index (χ1) is 18.7. The van der Waals surface area contributed by atoms with E-state index in [2.05, 4.69) is 20.7 Å². The van der Waals surface area contributed by atoms with Crippen molar-refractivity contribution in [1.29, 1.82) is 5.41 Å². The Balaban J connectivity index is 1.90. The second-order valence-corrected chi connectivity index (χ2v) is 9.71. The van der Waals surface area contributed by atoms with Crippen molar-refractivity contribution in [3.8, 4) is 0 Å². The average molecular weight is 580 g/mol. The first kappa shape index (κ1) is 32.9. The van der Waals surface area contributed by atoms with Crippen LogP contribution in [0.25, 0.3) is 0 Å². The number of nitrogens with one attached hydrogen (secondary N) is 5. The molecule has 0 aromatic heterocycles. The molecule has 0 spiro atoms. The molecule has 1 aromatic rings. The van der Waals surface area contributed by atoms with E-state index in [1.165, 1.54) is 12.3 Å². The molecule has 40 heavy (non-hydrogen) atoms. The maximum atomic E-state index is 14.6. The predicted molar refractivity (Wildman–Crippen MR) is 135 cm³/mol. The van der Waals surface area contributed by atoms with Crippen LogP contribution in [0.5, 0.6) is 0 Å². The predicted octanol–water partition coefficient (Wildman–Crippen LogP) is 2.10.